The van der Waals surface area contributed by atoms with Crippen molar-refractivity contribution in [2.24, 2.45) is 5.11 Å². The second kappa shape index (κ2) is 6.16. The molecule has 0 amide bonds. The molecular weight excluding hydrogens is 229 g/mol. The molecule has 5 heteroatoms. The van der Waals surface area contributed by atoms with Crippen LogP contribution in [0.3, 0.4) is 0 Å². The largest absolute Gasteiger partial charge is 0.207 e. The summed E-state index contributed by atoms with van der Waals surface area (Å²) in [5.74, 6) is -0.309. The van der Waals surface area contributed by atoms with Crippen molar-refractivity contribution in [2.45, 2.75) is 13.3 Å². The number of nitrogens with zero attached hydrogens (tertiary/aromatic N) is 3. The Bertz CT molecular complexity index is 451. The van der Waals surface area contributed by atoms with E-state index in [0.717, 1.165) is 5.56 Å². The van der Waals surface area contributed by atoms with Crippen LogP contribution in [0, 0.1) is 12.7 Å². The van der Waals surface area contributed by atoms with E-state index in [1.807, 2.05) is 6.08 Å². The first kappa shape index (κ1) is 12.6. The van der Waals surface area contributed by atoms with Gasteiger partial charge >= 0.3 is 0 Å². The Morgan fingerprint density at radius 2 is 2.31 bits per heavy atom. The molecule has 0 saturated heterocycles. The molecule has 0 aromatic heterocycles. The Labute approximate surface area is 98.2 Å². The van der Waals surface area contributed by atoms with Crippen LogP contribution in [-0.2, 0) is 0 Å². The third-order valence-electron chi connectivity index (χ3n) is 2.11. The third kappa shape index (κ3) is 3.26. The first-order chi connectivity index (χ1) is 7.66. The highest BCUT2D eigenvalue weighted by Gasteiger charge is 2.04. The lowest BCUT2D eigenvalue weighted by atomic mass is 10.1. The van der Waals surface area contributed by atoms with Crippen molar-refractivity contribution in [2.75, 3.05) is 6.54 Å². The zero-order valence-corrected chi connectivity index (χ0v) is 9.58. The maximum atomic E-state index is 13.1. The van der Waals surface area contributed by atoms with Gasteiger partial charge in [0, 0.05) is 17.0 Å². The van der Waals surface area contributed by atoms with Gasteiger partial charge in [-0.05, 0) is 30.5 Å². The van der Waals surface area contributed by atoms with Crippen LogP contribution in [0.2, 0.25) is 5.02 Å². The van der Waals surface area contributed by atoms with Crippen molar-refractivity contribution in [3.05, 3.63) is 50.6 Å². The van der Waals surface area contributed by atoms with Gasteiger partial charge in [0.2, 0.25) is 0 Å². The van der Waals surface area contributed by atoms with Crippen LogP contribution < -0.4 is 0 Å². The van der Waals surface area contributed by atoms with E-state index in [4.69, 9.17) is 17.1 Å². The fraction of sp³-hybridized carbons (Fsp3) is 0.273. The summed E-state index contributed by atoms with van der Waals surface area (Å²) in [4.78, 5) is 2.64. The van der Waals surface area contributed by atoms with Crippen LogP contribution in [0.15, 0.2) is 23.3 Å². The Kier molecular flexibility index (Phi) is 4.83. The van der Waals surface area contributed by atoms with E-state index in [1.54, 1.807) is 19.1 Å². The Morgan fingerprint density at radius 3 is 3.00 bits per heavy atom. The van der Waals surface area contributed by atoms with Crippen LogP contribution in [0.4, 0.5) is 4.39 Å². The molecule has 0 spiro atoms. The van der Waals surface area contributed by atoms with Crippen molar-refractivity contribution in [3.8, 4) is 0 Å². The topological polar surface area (TPSA) is 48.8 Å². The number of hydrogen-bond acceptors (Lipinski definition) is 1. The lowest BCUT2D eigenvalue weighted by Crippen LogP contribution is -1.86. The summed E-state index contributed by atoms with van der Waals surface area (Å²) in [6.45, 7) is 2.04. The summed E-state index contributed by atoms with van der Waals surface area (Å²) in [5, 5.41) is 3.81. The lowest BCUT2D eigenvalue weighted by molar-refractivity contribution is 0.618. The molecule has 16 heavy (non-hydrogen) atoms. The minimum Gasteiger partial charge on any atom is -0.207 e. The van der Waals surface area contributed by atoms with Gasteiger partial charge in [0.05, 0.1) is 5.02 Å². The van der Waals surface area contributed by atoms with E-state index in [-0.39, 0.29) is 5.82 Å². The van der Waals surface area contributed by atoms with Gasteiger partial charge in [0.25, 0.3) is 0 Å². The molecule has 0 aliphatic carbocycles. The molecule has 1 aromatic carbocycles. The zero-order chi connectivity index (χ0) is 12.0. The van der Waals surface area contributed by atoms with Gasteiger partial charge in [0.15, 0.2) is 0 Å². The quantitative estimate of drug-likeness (QED) is 0.321. The Balaban J connectivity index is 2.74. The fourth-order valence-corrected chi connectivity index (χ4v) is 1.41. The standard InChI is InChI=1S/C11H11ClFN3/c1-8-10(13)6-5-9(11(8)12)4-2-3-7-15-16-14/h2,4-6H,3,7H2,1H3. The van der Waals surface area contributed by atoms with E-state index in [2.05, 4.69) is 10.0 Å². The van der Waals surface area contributed by atoms with E-state index >= 15 is 0 Å². The number of rotatable bonds is 4. The molecule has 0 heterocycles. The molecule has 0 atom stereocenters. The smallest absolute Gasteiger partial charge is 0.127 e. The maximum absolute atomic E-state index is 13.1. The van der Waals surface area contributed by atoms with Crippen LogP contribution in [0.5, 0.6) is 0 Å². The third-order valence-corrected chi connectivity index (χ3v) is 2.61. The molecule has 0 radical (unpaired) electrons. The molecule has 0 unspecified atom stereocenters. The normalized spacial score (nSPS) is 10.4. The van der Waals surface area contributed by atoms with Gasteiger partial charge in [-0.3, -0.25) is 0 Å². The molecule has 0 aliphatic rings. The second-order valence-corrected chi connectivity index (χ2v) is 3.60. The minimum atomic E-state index is -0.309. The van der Waals surface area contributed by atoms with Crippen LogP contribution >= 0.6 is 11.6 Å². The van der Waals surface area contributed by atoms with Gasteiger partial charge in [-0.15, -0.1) is 0 Å². The van der Waals surface area contributed by atoms with Crippen molar-refractivity contribution >= 4 is 17.7 Å². The fourth-order valence-electron chi connectivity index (χ4n) is 1.20. The molecule has 1 aromatic rings. The highest BCUT2D eigenvalue weighted by atomic mass is 35.5. The van der Waals surface area contributed by atoms with E-state index in [9.17, 15) is 4.39 Å². The predicted octanol–water partition coefficient (Wildman–Crippen LogP) is 4.50. The molecule has 0 bridgehead atoms. The molecule has 0 aliphatic heterocycles. The van der Waals surface area contributed by atoms with Crippen LogP contribution in [0.25, 0.3) is 16.5 Å². The van der Waals surface area contributed by atoms with Gasteiger partial charge in [-0.25, -0.2) is 4.39 Å². The number of azide groups is 1. The highest BCUT2D eigenvalue weighted by Crippen LogP contribution is 2.24. The molecule has 1 rings (SSSR count). The van der Waals surface area contributed by atoms with Crippen molar-refractivity contribution in [3.63, 3.8) is 0 Å². The summed E-state index contributed by atoms with van der Waals surface area (Å²) >= 11 is 5.97. The maximum Gasteiger partial charge on any atom is 0.127 e. The molecule has 0 fully saturated rings. The number of halogens is 2. The molecular formula is C11H11ClFN3. The van der Waals surface area contributed by atoms with Crippen LogP contribution in [0.1, 0.15) is 17.5 Å². The molecule has 3 nitrogen and oxygen atoms in total. The van der Waals surface area contributed by atoms with Gasteiger partial charge in [-0.1, -0.05) is 34.9 Å². The first-order valence-corrected chi connectivity index (χ1v) is 5.16. The van der Waals surface area contributed by atoms with Crippen molar-refractivity contribution < 1.29 is 4.39 Å². The van der Waals surface area contributed by atoms with Gasteiger partial charge < -0.3 is 0 Å². The Hall–Kier alpha value is -1.51. The van der Waals surface area contributed by atoms with Crippen molar-refractivity contribution in [1.29, 1.82) is 0 Å². The molecule has 0 saturated carbocycles. The molecule has 84 valence electrons. The average Bonchev–Trinajstić information content (AvgIpc) is 2.28. The minimum absolute atomic E-state index is 0.309. The SMILES string of the molecule is Cc1c(F)ccc(C=CCCN=[N+]=[N-])c1Cl. The second-order valence-electron chi connectivity index (χ2n) is 3.22. The highest BCUT2D eigenvalue weighted by molar-refractivity contribution is 6.32. The van der Waals surface area contributed by atoms with E-state index < -0.39 is 0 Å². The summed E-state index contributed by atoms with van der Waals surface area (Å²) in [6, 6.07) is 3.00. The van der Waals surface area contributed by atoms with Gasteiger partial charge in [0.1, 0.15) is 5.82 Å². The van der Waals surface area contributed by atoms with Gasteiger partial charge in [-0.2, -0.15) is 0 Å². The van der Waals surface area contributed by atoms with E-state index in [1.165, 1.54) is 6.07 Å². The summed E-state index contributed by atoms with van der Waals surface area (Å²) in [7, 11) is 0. The predicted molar refractivity (Wildman–Crippen MR) is 63.8 cm³/mol. The zero-order valence-electron chi connectivity index (χ0n) is 8.82. The monoisotopic (exact) mass is 239 g/mol. The van der Waals surface area contributed by atoms with Crippen LogP contribution in [-0.4, -0.2) is 6.54 Å². The Morgan fingerprint density at radius 1 is 1.56 bits per heavy atom. The summed E-state index contributed by atoms with van der Waals surface area (Å²) < 4.78 is 13.1. The first-order valence-electron chi connectivity index (χ1n) is 4.79. The lowest BCUT2D eigenvalue weighted by Gasteiger charge is -2.03. The molecule has 0 N–H and O–H groups in total. The summed E-state index contributed by atoms with van der Waals surface area (Å²) in [6.07, 6.45) is 4.27. The number of benzene rings is 1. The number of hydrogen-bond donors (Lipinski definition) is 0. The summed E-state index contributed by atoms with van der Waals surface area (Å²) in [5.41, 5.74) is 9.27. The average molecular weight is 240 g/mol. The van der Waals surface area contributed by atoms with E-state index in [0.29, 0.717) is 23.6 Å². The van der Waals surface area contributed by atoms with Crippen molar-refractivity contribution in [1.82, 2.24) is 0 Å².